The average molecular weight is 399 g/mol. The van der Waals surface area contributed by atoms with E-state index in [-0.39, 0.29) is 17.4 Å². The topological polar surface area (TPSA) is 65.5 Å². The Morgan fingerprint density at radius 3 is 2.39 bits per heavy atom. The van der Waals surface area contributed by atoms with Crippen molar-refractivity contribution < 1.29 is 27.4 Å². The third-order valence-corrected chi connectivity index (χ3v) is 4.07. The predicted octanol–water partition coefficient (Wildman–Crippen LogP) is 5.34. The van der Waals surface area contributed by atoms with Gasteiger partial charge in [-0.25, -0.2) is 9.97 Å². The van der Waals surface area contributed by atoms with Crippen LogP contribution in [0.4, 0.5) is 19.0 Å². The molecule has 0 unspecified atom stereocenters. The number of methoxy groups -OCH3 is 1. The largest absolute Gasteiger partial charge is 0.573 e. The minimum absolute atomic E-state index is 0.0841. The zero-order valence-corrected chi connectivity index (χ0v) is 16.3. The summed E-state index contributed by atoms with van der Waals surface area (Å²) in [6.45, 7) is 6.14. The van der Waals surface area contributed by atoms with Crippen LogP contribution in [0.3, 0.4) is 0 Å². The molecule has 1 aromatic heterocycles. The molecular formula is C19H24F3N3O3. The number of aromatic nitrogens is 2. The molecule has 0 fully saturated rings. The maximum absolute atomic E-state index is 12.4. The van der Waals surface area contributed by atoms with Gasteiger partial charge in [0.05, 0.1) is 19.0 Å². The average Bonchev–Trinajstić information content (AvgIpc) is 2.66. The molecule has 1 aromatic carbocycles. The Morgan fingerprint density at radius 2 is 1.82 bits per heavy atom. The second kappa shape index (κ2) is 9.48. The fraction of sp³-hybridized carbons (Fsp3) is 0.474. The van der Waals surface area contributed by atoms with E-state index in [1.54, 1.807) is 0 Å². The van der Waals surface area contributed by atoms with Crippen molar-refractivity contribution in [2.24, 2.45) is 0 Å². The number of hydrogen-bond donors (Lipinski definition) is 1. The summed E-state index contributed by atoms with van der Waals surface area (Å²) in [6, 6.07) is 3.86. The first-order valence-corrected chi connectivity index (χ1v) is 9.03. The van der Waals surface area contributed by atoms with Gasteiger partial charge in [0.25, 0.3) is 0 Å². The third-order valence-electron chi connectivity index (χ3n) is 4.07. The predicted molar refractivity (Wildman–Crippen MR) is 99.2 cm³/mol. The van der Waals surface area contributed by atoms with Gasteiger partial charge in [-0.15, -0.1) is 13.2 Å². The highest BCUT2D eigenvalue weighted by atomic mass is 19.4. The molecule has 2 rings (SSSR count). The second-order valence-electron chi connectivity index (χ2n) is 5.98. The van der Waals surface area contributed by atoms with E-state index in [0.717, 1.165) is 30.7 Å². The lowest BCUT2D eigenvalue weighted by Crippen LogP contribution is -2.19. The van der Waals surface area contributed by atoms with Crippen LogP contribution >= 0.6 is 0 Å². The Bertz CT molecular complexity index is 781. The first-order chi connectivity index (χ1) is 13.3. The molecule has 9 heteroatoms. The molecule has 0 atom stereocenters. The summed E-state index contributed by atoms with van der Waals surface area (Å²) < 4.78 is 51.8. The normalized spacial score (nSPS) is 11.4. The Kier molecular flexibility index (Phi) is 7.31. The molecule has 0 aliphatic rings. The Labute approximate surface area is 162 Å². The maximum Gasteiger partial charge on any atom is 0.573 e. The van der Waals surface area contributed by atoms with Gasteiger partial charge in [-0.1, -0.05) is 20.8 Å². The number of benzene rings is 1. The lowest BCUT2D eigenvalue weighted by atomic mass is 10.1. The molecular weight excluding hydrogens is 375 g/mol. The van der Waals surface area contributed by atoms with Gasteiger partial charge in [-0.3, -0.25) is 0 Å². The highest BCUT2D eigenvalue weighted by molar-refractivity contribution is 5.48. The molecule has 1 heterocycles. The van der Waals surface area contributed by atoms with Crippen LogP contribution in [0.5, 0.6) is 23.1 Å². The van der Waals surface area contributed by atoms with E-state index >= 15 is 0 Å². The van der Waals surface area contributed by atoms with Crippen LogP contribution in [0.1, 0.15) is 39.3 Å². The van der Waals surface area contributed by atoms with E-state index in [1.807, 2.05) is 6.92 Å². The van der Waals surface area contributed by atoms with Gasteiger partial charge in [0.2, 0.25) is 5.88 Å². The van der Waals surface area contributed by atoms with Crippen molar-refractivity contribution in [1.82, 2.24) is 9.97 Å². The van der Waals surface area contributed by atoms with Crippen LogP contribution in [-0.4, -0.2) is 29.5 Å². The quantitative estimate of drug-likeness (QED) is 0.614. The van der Waals surface area contributed by atoms with E-state index in [9.17, 15) is 13.2 Å². The molecule has 154 valence electrons. The summed E-state index contributed by atoms with van der Waals surface area (Å²) in [5.41, 5.74) is 0.736. The SMILES string of the molecule is CCc1nc(Oc2ccc(OC(F)(F)F)cc2OC)cnc1NC(CC)CC. The Balaban J connectivity index is 2.22. The molecule has 28 heavy (non-hydrogen) atoms. The van der Waals surface area contributed by atoms with Gasteiger partial charge in [-0.05, 0) is 31.4 Å². The Hall–Kier alpha value is -2.71. The molecule has 0 radical (unpaired) electrons. The summed E-state index contributed by atoms with van der Waals surface area (Å²) in [5, 5.41) is 3.36. The molecule has 0 aliphatic carbocycles. The molecule has 0 saturated carbocycles. The summed E-state index contributed by atoms with van der Waals surface area (Å²) in [6.07, 6.45) is -0.759. The summed E-state index contributed by atoms with van der Waals surface area (Å²) in [7, 11) is 1.32. The van der Waals surface area contributed by atoms with Gasteiger partial charge in [-0.2, -0.15) is 0 Å². The first kappa shape index (κ1) is 21.6. The minimum Gasteiger partial charge on any atom is -0.493 e. The lowest BCUT2D eigenvalue weighted by Gasteiger charge is -2.18. The van der Waals surface area contributed by atoms with Gasteiger partial charge >= 0.3 is 6.36 Å². The van der Waals surface area contributed by atoms with Gasteiger partial charge in [0.15, 0.2) is 11.5 Å². The maximum atomic E-state index is 12.4. The third kappa shape index (κ3) is 5.90. The first-order valence-electron chi connectivity index (χ1n) is 9.03. The number of nitrogens with one attached hydrogen (secondary N) is 1. The number of rotatable bonds is 9. The van der Waals surface area contributed by atoms with E-state index in [4.69, 9.17) is 9.47 Å². The molecule has 0 amide bonds. The number of alkyl halides is 3. The highest BCUT2D eigenvalue weighted by Crippen LogP contribution is 2.36. The molecule has 1 N–H and O–H groups in total. The zero-order chi connectivity index (χ0) is 20.7. The van der Waals surface area contributed by atoms with Crippen LogP contribution in [0, 0.1) is 0 Å². The molecule has 0 aliphatic heterocycles. The Morgan fingerprint density at radius 1 is 1.11 bits per heavy atom. The van der Waals surface area contributed by atoms with Crippen LogP contribution in [0.2, 0.25) is 0 Å². The standard InChI is InChI=1S/C19H24F3N3O3/c1-5-12(6-2)24-18-14(7-3)25-17(11-23-18)27-15-9-8-13(10-16(15)26-4)28-19(20,21)22/h8-12H,5-7H2,1-4H3,(H,23,24). The van der Waals surface area contributed by atoms with Crippen molar-refractivity contribution in [3.8, 4) is 23.1 Å². The van der Waals surface area contributed by atoms with Gasteiger partial charge < -0.3 is 19.5 Å². The second-order valence-corrected chi connectivity index (χ2v) is 5.98. The zero-order valence-electron chi connectivity index (χ0n) is 16.3. The number of ether oxygens (including phenoxy) is 3. The van der Waals surface area contributed by atoms with E-state index < -0.39 is 12.1 Å². The summed E-state index contributed by atoms with van der Waals surface area (Å²) in [5.74, 6) is 0.802. The van der Waals surface area contributed by atoms with E-state index in [0.29, 0.717) is 18.3 Å². The van der Waals surface area contributed by atoms with Crippen molar-refractivity contribution in [3.63, 3.8) is 0 Å². The lowest BCUT2D eigenvalue weighted by molar-refractivity contribution is -0.274. The fourth-order valence-corrected chi connectivity index (χ4v) is 2.55. The fourth-order valence-electron chi connectivity index (χ4n) is 2.55. The number of aryl methyl sites for hydroxylation is 1. The molecule has 0 bridgehead atoms. The van der Waals surface area contributed by atoms with Gasteiger partial charge in [0.1, 0.15) is 11.6 Å². The van der Waals surface area contributed by atoms with Crippen LogP contribution in [0.15, 0.2) is 24.4 Å². The number of hydrogen-bond acceptors (Lipinski definition) is 6. The van der Waals surface area contributed by atoms with Crippen molar-refractivity contribution in [1.29, 1.82) is 0 Å². The molecule has 6 nitrogen and oxygen atoms in total. The summed E-state index contributed by atoms with van der Waals surface area (Å²) in [4.78, 5) is 8.84. The van der Waals surface area contributed by atoms with E-state index in [1.165, 1.54) is 19.4 Å². The van der Waals surface area contributed by atoms with Crippen LogP contribution in [0.25, 0.3) is 0 Å². The van der Waals surface area contributed by atoms with Crippen molar-refractivity contribution in [2.75, 3.05) is 12.4 Å². The van der Waals surface area contributed by atoms with Crippen molar-refractivity contribution in [3.05, 3.63) is 30.1 Å². The molecule has 0 saturated heterocycles. The number of nitrogens with zero attached hydrogens (tertiary/aromatic N) is 2. The van der Waals surface area contributed by atoms with Crippen molar-refractivity contribution >= 4 is 5.82 Å². The monoisotopic (exact) mass is 399 g/mol. The molecule has 0 spiro atoms. The summed E-state index contributed by atoms with van der Waals surface area (Å²) >= 11 is 0. The highest BCUT2D eigenvalue weighted by Gasteiger charge is 2.31. The van der Waals surface area contributed by atoms with Crippen LogP contribution < -0.4 is 19.5 Å². The van der Waals surface area contributed by atoms with Crippen molar-refractivity contribution in [2.45, 2.75) is 52.4 Å². The number of anilines is 1. The molecule has 2 aromatic rings. The van der Waals surface area contributed by atoms with Gasteiger partial charge in [0, 0.05) is 12.1 Å². The number of halogens is 3. The van der Waals surface area contributed by atoms with Crippen LogP contribution in [-0.2, 0) is 6.42 Å². The smallest absolute Gasteiger partial charge is 0.493 e. The van der Waals surface area contributed by atoms with E-state index in [2.05, 4.69) is 33.9 Å². The minimum atomic E-state index is -4.79.